The van der Waals surface area contributed by atoms with Gasteiger partial charge in [-0.05, 0) is 81.0 Å². The zero-order valence-electron chi connectivity index (χ0n) is 22.1. The van der Waals surface area contributed by atoms with Crippen LogP contribution in [0, 0.1) is 5.92 Å². The molecule has 1 amide bonds. The van der Waals surface area contributed by atoms with E-state index in [2.05, 4.69) is 26.1 Å². The van der Waals surface area contributed by atoms with Gasteiger partial charge >= 0.3 is 12.1 Å². The molecule has 2 N–H and O–H groups in total. The van der Waals surface area contributed by atoms with Crippen LogP contribution in [0.15, 0.2) is 6.07 Å². The molecule has 1 aliphatic rings. The molecule has 0 bridgehead atoms. The quantitative estimate of drug-likeness (QED) is 0.207. The first kappa shape index (κ1) is 28.0. The van der Waals surface area contributed by atoms with Crippen molar-refractivity contribution in [2.45, 2.75) is 124 Å². The number of ether oxygens (including phenoxy) is 2. The molecule has 0 spiro atoms. The summed E-state index contributed by atoms with van der Waals surface area (Å²) in [7, 11) is 0. The molecule has 1 aromatic rings. The monoisotopic (exact) mass is 475 g/mol. The number of carbonyl (C=O) groups is 2. The van der Waals surface area contributed by atoms with Gasteiger partial charge in [0.25, 0.3) is 0 Å². The zero-order chi connectivity index (χ0) is 25.3. The van der Waals surface area contributed by atoms with Crippen molar-refractivity contribution in [1.29, 1.82) is 0 Å². The van der Waals surface area contributed by atoms with Gasteiger partial charge in [0, 0.05) is 6.42 Å². The third kappa shape index (κ3) is 8.84. The molecule has 6 nitrogen and oxygen atoms in total. The van der Waals surface area contributed by atoms with Gasteiger partial charge in [-0.2, -0.15) is 0 Å². The molecule has 2 rings (SSSR count). The largest absolute Gasteiger partial charge is 0.506 e. The molecule has 0 atom stereocenters. The molecule has 0 aliphatic heterocycles. The van der Waals surface area contributed by atoms with Crippen LogP contribution in [0.25, 0.3) is 0 Å². The van der Waals surface area contributed by atoms with E-state index >= 15 is 0 Å². The van der Waals surface area contributed by atoms with E-state index in [4.69, 9.17) is 9.47 Å². The number of aromatic hydroxyl groups is 1. The van der Waals surface area contributed by atoms with Gasteiger partial charge in [-0.15, -0.1) is 0 Å². The Bertz CT molecular complexity index is 819. The number of carbonyl (C=O) groups excluding carboxylic acids is 2. The highest BCUT2D eigenvalue weighted by atomic mass is 16.6. The molecule has 0 radical (unpaired) electrons. The van der Waals surface area contributed by atoms with Crippen molar-refractivity contribution in [1.82, 2.24) is 0 Å². The number of benzene rings is 1. The molecule has 1 fully saturated rings. The second-order valence-corrected chi connectivity index (χ2v) is 11.0. The summed E-state index contributed by atoms with van der Waals surface area (Å²) in [6, 6.07) is 1.72. The van der Waals surface area contributed by atoms with E-state index in [0.29, 0.717) is 18.0 Å². The number of hydrogen-bond donors (Lipinski definition) is 2. The smallest absolute Gasteiger partial charge is 0.412 e. The summed E-state index contributed by atoms with van der Waals surface area (Å²) >= 11 is 0. The van der Waals surface area contributed by atoms with Crippen LogP contribution in [0.1, 0.15) is 122 Å². The Morgan fingerprint density at radius 2 is 1.82 bits per heavy atom. The first-order valence-electron chi connectivity index (χ1n) is 13.0. The second kappa shape index (κ2) is 13.0. The number of phenolic OH excluding ortho intramolecular Hbond substituents is 1. The minimum absolute atomic E-state index is 0.0418. The molecule has 0 aromatic heterocycles. The van der Waals surface area contributed by atoms with E-state index in [0.717, 1.165) is 68.1 Å². The van der Waals surface area contributed by atoms with Crippen molar-refractivity contribution in [2.75, 3.05) is 5.32 Å². The number of amides is 1. The van der Waals surface area contributed by atoms with E-state index in [-0.39, 0.29) is 24.2 Å². The number of esters is 1. The first-order chi connectivity index (χ1) is 16.0. The van der Waals surface area contributed by atoms with Crippen molar-refractivity contribution in [3.63, 3.8) is 0 Å². The van der Waals surface area contributed by atoms with E-state index in [9.17, 15) is 14.7 Å². The molecule has 1 aromatic carbocycles. The Morgan fingerprint density at radius 3 is 2.41 bits per heavy atom. The van der Waals surface area contributed by atoms with Crippen LogP contribution in [0.3, 0.4) is 0 Å². The van der Waals surface area contributed by atoms with E-state index < -0.39 is 11.7 Å². The fourth-order valence-corrected chi connectivity index (χ4v) is 4.70. The van der Waals surface area contributed by atoms with Crippen molar-refractivity contribution >= 4 is 17.7 Å². The third-order valence-electron chi connectivity index (χ3n) is 6.18. The lowest BCUT2D eigenvalue weighted by Crippen LogP contribution is -2.28. The SMILES string of the molecule is CCCCCC(=O)OCc1c(CC(C)C)cc(O)c(NC(=O)OC(C)(C)C)c1C1CCCCC1. The van der Waals surface area contributed by atoms with Crippen molar-refractivity contribution < 1.29 is 24.2 Å². The Hall–Kier alpha value is -2.24. The number of hydrogen-bond acceptors (Lipinski definition) is 5. The summed E-state index contributed by atoms with van der Waals surface area (Å²) in [6.45, 7) is 11.9. The van der Waals surface area contributed by atoms with E-state index in [1.54, 1.807) is 6.07 Å². The van der Waals surface area contributed by atoms with Crippen molar-refractivity contribution in [3.8, 4) is 5.75 Å². The minimum Gasteiger partial charge on any atom is -0.506 e. The van der Waals surface area contributed by atoms with Gasteiger partial charge < -0.3 is 14.6 Å². The third-order valence-corrected chi connectivity index (χ3v) is 6.18. The normalized spacial score (nSPS) is 14.8. The molecule has 34 heavy (non-hydrogen) atoms. The number of phenols is 1. The molecular formula is C28H45NO5. The predicted octanol–water partition coefficient (Wildman–Crippen LogP) is 7.61. The Kier molecular flexibility index (Phi) is 10.7. The van der Waals surface area contributed by atoms with Gasteiger partial charge in [0.15, 0.2) is 0 Å². The lowest BCUT2D eigenvalue weighted by molar-refractivity contribution is -0.145. The van der Waals surface area contributed by atoms with Gasteiger partial charge in [-0.25, -0.2) is 4.79 Å². The molecule has 6 heteroatoms. The number of anilines is 1. The van der Waals surface area contributed by atoms with Crippen molar-refractivity contribution in [3.05, 3.63) is 22.8 Å². The molecule has 0 saturated heterocycles. The topological polar surface area (TPSA) is 84.9 Å². The van der Waals surface area contributed by atoms with Gasteiger partial charge in [-0.1, -0.05) is 52.9 Å². The molecule has 0 unspecified atom stereocenters. The van der Waals surface area contributed by atoms with Crippen LogP contribution in [0.2, 0.25) is 0 Å². The maximum atomic E-state index is 12.7. The fraction of sp³-hybridized carbons (Fsp3) is 0.714. The number of rotatable bonds is 10. The Morgan fingerprint density at radius 1 is 1.15 bits per heavy atom. The van der Waals surface area contributed by atoms with Gasteiger partial charge in [0.2, 0.25) is 0 Å². The average Bonchev–Trinajstić information content (AvgIpc) is 2.73. The maximum Gasteiger partial charge on any atom is 0.412 e. The predicted molar refractivity (Wildman–Crippen MR) is 136 cm³/mol. The van der Waals surface area contributed by atoms with Crippen LogP contribution < -0.4 is 5.32 Å². The molecule has 192 valence electrons. The zero-order valence-corrected chi connectivity index (χ0v) is 22.1. The highest BCUT2D eigenvalue weighted by Crippen LogP contribution is 2.44. The Balaban J connectivity index is 2.48. The van der Waals surface area contributed by atoms with E-state index in [1.807, 2.05) is 20.8 Å². The highest BCUT2D eigenvalue weighted by Gasteiger charge is 2.29. The van der Waals surface area contributed by atoms with Crippen molar-refractivity contribution in [2.24, 2.45) is 5.92 Å². The highest BCUT2D eigenvalue weighted by molar-refractivity contribution is 5.89. The van der Waals surface area contributed by atoms with Crippen LogP contribution in [0.5, 0.6) is 5.75 Å². The molecule has 0 heterocycles. The lowest BCUT2D eigenvalue weighted by Gasteiger charge is -2.30. The summed E-state index contributed by atoms with van der Waals surface area (Å²) in [5, 5.41) is 13.9. The van der Waals surface area contributed by atoms with Crippen LogP contribution >= 0.6 is 0 Å². The van der Waals surface area contributed by atoms with Crippen LogP contribution in [-0.2, 0) is 27.3 Å². The van der Waals surface area contributed by atoms with E-state index in [1.165, 1.54) is 6.42 Å². The standard InChI is InChI=1S/C28H45NO5/c1-7-8-10-15-24(31)33-18-22-21(16-19(2)3)17-23(30)26(29-27(32)34-28(4,5)6)25(22)20-13-11-9-12-14-20/h17,19-20,30H,7-16,18H2,1-6H3,(H,29,32). The number of nitrogens with one attached hydrogen (secondary N) is 1. The first-order valence-corrected chi connectivity index (χ1v) is 13.0. The summed E-state index contributed by atoms with van der Waals surface area (Å²) in [4.78, 5) is 25.1. The summed E-state index contributed by atoms with van der Waals surface area (Å²) in [5.41, 5.74) is 2.55. The number of unbranched alkanes of at least 4 members (excludes halogenated alkanes) is 2. The molecule has 1 aliphatic carbocycles. The summed E-state index contributed by atoms with van der Waals surface area (Å²) in [5.74, 6) is 0.390. The van der Waals surface area contributed by atoms with Crippen LogP contribution in [0.4, 0.5) is 10.5 Å². The summed E-state index contributed by atoms with van der Waals surface area (Å²) < 4.78 is 11.2. The van der Waals surface area contributed by atoms with Gasteiger partial charge in [0.1, 0.15) is 18.0 Å². The molecular weight excluding hydrogens is 430 g/mol. The van der Waals surface area contributed by atoms with Gasteiger partial charge in [-0.3, -0.25) is 10.1 Å². The fourth-order valence-electron chi connectivity index (χ4n) is 4.70. The summed E-state index contributed by atoms with van der Waals surface area (Å²) in [6.07, 6.45) is 8.78. The molecule has 1 saturated carbocycles. The minimum atomic E-state index is -0.654. The average molecular weight is 476 g/mol. The lowest BCUT2D eigenvalue weighted by atomic mass is 9.79. The second-order valence-electron chi connectivity index (χ2n) is 11.0. The van der Waals surface area contributed by atoms with Gasteiger partial charge in [0.05, 0.1) is 5.69 Å². The Labute approximate surface area is 205 Å². The van der Waals surface area contributed by atoms with Crippen LogP contribution in [-0.4, -0.2) is 22.8 Å². The maximum absolute atomic E-state index is 12.7.